The second-order valence-electron chi connectivity index (χ2n) is 6.51. The Morgan fingerprint density at radius 2 is 2.33 bits per heavy atom. The van der Waals surface area contributed by atoms with Gasteiger partial charge < -0.3 is 9.64 Å². The summed E-state index contributed by atoms with van der Waals surface area (Å²) in [5.41, 5.74) is 0.608. The summed E-state index contributed by atoms with van der Waals surface area (Å²) in [7, 11) is 0. The van der Waals surface area contributed by atoms with E-state index < -0.39 is 0 Å². The number of nitrogens with zero attached hydrogens (tertiary/aromatic N) is 2. The summed E-state index contributed by atoms with van der Waals surface area (Å²) in [6.45, 7) is 4.60. The summed E-state index contributed by atoms with van der Waals surface area (Å²) >= 11 is 3.54. The van der Waals surface area contributed by atoms with Crippen molar-refractivity contribution in [3.63, 3.8) is 0 Å². The number of carbonyl (C=O) groups excluding carboxylic acids is 1. The van der Waals surface area contributed by atoms with Crippen molar-refractivity contribution in [3.8, 4) is 0 Å². The fourth-order valence-electron chi connectivity index (χ4n) is 3.10. The van der Waals surface area contributed by atoms with Gasteiger partial charge in [0.05, 0.1) is 15.9 Å². The SMILES string of the molecule is Cc1nc(C(=O)N2CC3(C[C@H](OCC4CC4)CS3)C2)cs1. The molecule has 1 atom stereocenters. The van der Waals surface area contributed by atoms with Gasteiger partial charge in [0.15, 0.2) is 0 Å². The normalized spacial score (nSPS) is 27.1. The van der Waals surface area contributed by atoms with E-state index in [1.807, 2.05) is 29.0 Å². The molecule has 1 aliphatic carbocycles. The van der Waals surface area contributed by atoms with Crippen LogP contribution in [0, 0.1) is 12.8 Å². The van der Waals surface area contributed by atoms with Crippen LogP contribution in [-0.4, -0.2) is 52.1 Å². The maximum Gasteiger partial charge on any atom is 0.273 e. The van der Waals surface area contributed by atoms with Crippen LogP contribution in [0.25, 0.3) is 0 Å². The van der Waals surface area contributed by atoms with Gasteiger partial charge in [-0.1, -0.05) is 0 Å². The zero-order chi connectivity index (χ0) is 14.4. The Hall–Kier alpha value is -0.590. The molecule has 21 heavy (non-hydrogen) atoms. The van der Waals surface area contributed by atoms with Crippen LogP contribution in [0.15, 0.2) is 5.38 Å². The quantitative estimate of drug-likeness (QED) is 0.854. The number of hydrogen-bond donors (Lipinski definition) is 0. The zero-order valence-electron chi connectivity index (χ0n) is 12.2. The molecule has 0 bridgehead atoms. The van der Waals surface area contributed by atoms with E-state index in [-0.39, 0.29) is 10.7 Å². The van der Waals surface area contributed by atoms with Gasteiger partial charge in [0.2, 0.25) is 0 Å². The first kappa shape index (κ1) is 14.0. The Kier molecular flexibility index (Phi) is 3.51. The Balaban J connectivity index is 1.29. The number of amides is 1. The smallest absolute Gasteiger partial charge is 0.273 e. The standard InChI is InChI=1S/C15H20N2O2S2/c1-10-16-13(7-20-10)14(18)17-8-15(9-17)4-12(6-21-15)19-5-11-2-3-11/h7,11-12H,2-6,8-9H2,1H3/t12-/m0/s1. The summed E-state index contributed by atoms with van der Waals surface area (Å²) in [5.74, 6) is 2.01. The first-order chi connectivity index (χ1) is 10.1. The molecule has 4 rings (SSSR count). The average molecular weight is 324 g/mol. The first-order valence-corrected chi connectivity index (χ1v) is 9.47. The van der Waals surface area contributed by atoms with Crippen molar-refractivity contribution in [2.24, 2.45) is 5.92 Å². The number of hydrogen-bond acceptors (Lipinski definition) is 5. The molecule has 1 aromatic heterocycles. The van der Waals surface area contributed by atoms with Crippen LogP contribution in [0.4, 0.5) is 0 Å². The van der Waals surface area contributed by atoms with Gasteiger partial charge in [-0.3, -0.25) is 4.79 Å². The van der Waals surface area contributed by atoms with Gasteiger partial charge in [0.1, 0.15) is 5.69 Å². The highest BCUT2D eigenvalue weighted by Crippen LogP contribution is 2.46. The van der Waals surface area contributed by atoms with Gasteiger partial charge in [0, 0.05) is 30.8 Å². The number of carbonyl (C=O) groups is 1. The van der Waals surface area contributed by atoms with Crippen molar-refractivity contribution in [1.29, 1.82) is 0 Å². The Morgan fingerprint density at radius 1 is 1.52 bits per heavy atom. The number of thiazole rings is 1. The maximum atomic E-state index is 12.3. The van der Waals surface area contributed by atoms with Gasteiger partial charge >= 0.3 is 0 Å². The van der Waals surface area contributed by atoms with Crippen molar-refractivity contribution >= 4 is 29.0 Å². The number of rotatable bonds is 4. The molecule has 1 amide bonds. The Labute approximate surface area is 133 Å². The molecule has 6 heteroatoms. The van der Waals surface area contributed by atoms with E-state index in [2.05, 4.69) is 4.98 Å². The van der Waals surface area contributed by atoms with Gasteiger partial charge in [-0.05, 0) is 32.1 Å². The summed E-state index contributed by atoms with van der Waals surface area (Å²) in [4.78, 5) is 18.5. The topological polar surface area (TPSA) is 42.4 Å². The number of aryl methyl sites for hydroxylation is 1. The number of aromatic nitrogens is 1. The fourth-order valence-corrected chi connectivity index (χ4v) is 5.24. The van der Waals surface area contributed by atoms with Crippen molar-refractivity contribution in [1.82, 2.24) is 9.88 Å². The maximum absolute atomic E-state index is 12.3. The molecule has 2 saturated heterocycles. The molecule has 3 heterocycles. The van der Waals surface area contributed by atoms with E-state index in [9.17, 15) is 4.79 Å². The summed E-state index contributed by atoms with van der Waals surface area (Å²) in [6, 6.07) is 0. The molecule has 3 fully saturated rings. The van der Waals surface area contributed by atoms with Crippen molar-refractivity contribution in [2.75, 3.05) is 25.4 Å². The minimum absolute atomic E-state index is 0.0907. The minimum atomic E-state index is 0.0907. The lowest BCUT2D eigenvalue weighted by atomic mass is 9.92. The monoisotopic (exact) mass is 324 g/mol. The second kappa shape index (κ2) is 5.25. The first-order valence-electron chi connectivity index (χ1n) is 7.60. The molecule has 0 aromatic carbocycles. The van der Waals surface area contributed by atoms with Crippen molar-refractivity contribution in [2.45, 2.75) is 37.0 Å². The van der Waals surface area contributed by atoms with Crippen LogP contribution in [0.3, 0.4) is 0 Å². The molecule has 0 N–H and O–H groups in total. The minimum Gasteiger partial charge on any atom is -0.377 e. The van der Waals surface area contributed by atoms with E-state index in [0.29, 0.717) is 11.8 Å². The predicted octanol–water partition coefficient (Wildman–Crippen LogP) is 2.58. The molecular formula is C15H20N2O2S2. The summed E-state index contributed by atoms with van der Waals surface area (Å²) in [5, 5.41) is 2.82. The van der Waals surface area contributed by atoms with E-state index in [1.165, 1.54) is 12.8 Å². The van der Waals surface area contributed by atoms with Crippen LogP contribution >= 0.6 is 23.1 Å². The molecule has 3 aliphatic rings. The predicted molar refractivity (Wildman–Crippen MR) is 85.0 cm³/mol. The largest absolute Gasteiger partial charge is 0.377 e. The van der Waals surface area contributed by atoms with Crippen LogP contribution < -0.4 is 0 Å². The van der Waals surface area contributed by atoms with E-state index in [4.69, 9.17) is 4.74 Å². The highest BCUT2D eigenvalue weighted by molar-refractivity contribution is 8.01. The molecule has 4 nitrogen and oxygen atoms in total. The Bertz CT molecular complexity index is 550. The molecule has 0 radical (unpaired) electrons. The third-order valence-corrected chi connectivity index (χ3v) is 6.87. The third kappa shape index (κ3) is 2.85. The third-order valence-electron chi connectivity index (χ3n) is 4.52. The molecular weight excluding hydrogens is 304 g/mol. The van der Waals surface area contributed by atoms with Gasteiger partial charge in [-0.25, -0.2) is 4.98 Å². The molecule has 2 aliphatic heterocycles. The fraction of sp³-hybridized carbons (Fsp3) is 0.733. The van der Waals surface area contributed by atoms with E-state index in [1.54, 1.807) is 11.3 Å². The Morgan fingerprint density at radius 3 is 3.00 bits per heavy atom. The number of ether oxygens (including phenoxy) is 1. The summed E-state index contributed by atoms with van der Waals surface area (Å²) in [6.07, 6.45) is 4.19. The molecule has 1 saturated carbocycles. The van der Waals surface area contributed by atoms with Crippen molar-refractivity contribution < 1.29 is 9.53 Å². The zero-order valence-corrected chi connectivity index (χ0v) is 13.8. The van der Waals surface area contributed by atoms with Gasteiger partial charge in [0.25, 0.3) is 5.91 Å². The second-order valence-corrected chi connectivity index (χ2v) is 9.06. The molecule has 0 unspecified atom stereocenters. The highest BCUT2D eigenvalue weighted by Gasteiger charge is 2.51. The lowest BCUT2D eigenvalue weighted by Gasteiger charge is -2.47. The van der Waals surface area contributed by atoms with Crippen molar-refractivity contribution in [3.05, 3.63) is 16.1 Å². The number of likely N-dealkylation sites (tertiary alicyclic amines) is 1. The molecule has 114 valence electrons. The van der Waals surface area contributed by atoms with E-state index >= 15 is 0 Å². The van der Waals surface area contributed by atoms with Gasteiger partial charge in [-0.2, -0.15) is 0 Å². The van der Waals surface area contributed by atoms with Crippen LogP contribution in [0.2, 0.25) is 0 Å². The number of thioether (sulfide) groups is 1. The lowest BCUT2D eigenvalue weighted by molar-refractivity contribution is 0.0284. The highest BCUT2D eigenvalue weighted by atomic mass is 32.2. The summed E-state index contributed by atoms with van der Waals surface area (Å²) < 4.78 is 6.27. The average Bonchev–Trinajstić information content (AvgIpc) is 3.00. The van der Waals surface area contributed by atoms with Crippen LogP contribution in [0.1, 0.15) is 34.8 Å². The molecule has 1 spiro atoms. The lowest BCUT2D eigenvalue weighted by Crippen LogP contribution is -2.60. The van der Waals surface area contributed by atoms with Crippen LogP contribution in [-0.2, 0) is 4.74 Å². The van der Waals surface area contributed by atoms with E-state index in [0.717, 1.165) is 42.8 Å². The van der Waals surface area contributed by atoms with Crippen LogP contribution in [0.5, 0.6) is 0 Å². The molecule has 1 aromatic rings. The van der Waals surface area contributed by atoms with Gasteiger partial charge in [-0.15, -0.1) is 23.1 Å².